The first-order chi connectivity index (χ1) is 8.27. The van der Waals surface area contributed by atoms with E-state index in [2.05, 4.69) is 5.32 Å². The van der Waals surface area contributed by atoms with Gasteiger partial charge in [-0.05, 0) is 19.2 Å². The van der Waals surface area contributed by atoms with Gasteiger partial charge in [0.25, 0.3) is 0 Å². The zero-order valence-electron chi connectivity index (χ0n) is 10.1. The number of likely N-dealkylation sites (N-methyl/N-ethyl adjacent to an activating group) is 1. The third-order valence-corrected chi connectivity index (χ3v) is 3.16. The van der Waals surface area contributed by atoms with E-state index < -0.39 is 0 Å². The molecule has 2 atom stereocenters. The highest BCUT2D eigenvalue weighted by Gasteiger charge is 2.34. The molecule has 1 heterocycles. The van der Waals surface area contributed by atoms with Crippen LogP contribution in [0.1, 0.15) is 10.4 Å². The Labute approximate surface area is 101 Å². The van der Waals surface area contributed by atoms with Gasteiger partial charge in [-0.3, -0.25) is 4.79 Å². The number of rotatable bonds is 4. The van der Waals surface area contributed by atoms with Crippen molar-refractivity contribution in [3.8, 4) is 5.75 Å². The van der Waals surface area contributed by atoms with Crippen molar-refractivity contribution in [2.24, 2.45) is 5.92 Å². The van der Waals surface area contributed by atoms with Crippen LogP contribution < -0.4 is 10.1 Å². The summed E-state index contributed by atoms with van der Waals surface area (Å²) in [4.78, 5) is 12.4. The number of hydrogen-bond acceptors (Lipinski definition) is 4. The molecule has 2 rings (SSSR count). The Hall–Kier alpha value is -1.39. The van der Waals surface area contributed by atoms with Crippen LogP contribution >= 0.6 is 0 Å². The van der Waals surface area contributed by atoms with E-state index >= 15 is 0 Å². The lowest BCUT2D eigenvalue weighted by Gasteiger charge is -2.16. The van der Waals surface area contributed by atoms with Crippen LogP contribution in [0.2, 0.25) is 0 Å². The zero-order chi connectivity index (χ0) is 12.3. The summed E-state index contributed by atoms with van der Waals surface area (Å²) in [7, 11) is 3.43. The molecule has 4 nitrogen and oxygen atoms in total. The Morgan fingerprint density at radius 3 is 2.88 bits per heavy atom. The maximum atomic E-state index is 12.4. The van der Waals surface area contributed by atoms with Gasteiger partial charge in [0.15, 0.2) is 5.78 Å². The van der Waals surface area contributed by atoms with Crippen molar-refractivity contribution in [1.29, 1.82) is 0 Å². The Morgan fingerprint density at radius 2 is 2.18 bits per heavy atom. The normalized spacial score (nSPS) is 23.6. The molecule has 0 bridgehead atoms. The fourth-order valence-corrected chi connectivity index (χ4v) is 2.15. The molecule has 17 heavy (non-hydrogen) atoms. The number of benzene rings is 1. The molecule has 0 aliphatic carbocycles. The SMILES string of the molecule is CNC1COCC1C(=O)c1ccccc1OC. The first kappa shape index (κ1) is 12.1. The Bertz CT molecular complexity index is 405. The fraction of sp³-hybridized carbons (Fsp3) is 0.462. The molecule has 0 saturated carbocycles. The molecule has 0 amide bonds. The second kappa shape index (κ2) is 5.29. The molecule has 1 aromatic carbocycles. The van der Waals surface area contributed by atoms with Gasteiger partial charge < -0.3 is 14.8 Å². The maximum absolute atomic E-state index is 12.4. The molecule has 1 aliphatic heterocycles. The van der Waals surface area contributed by atoms with E-state index in [1.165, 1.54) is 0 Å². The van der Waals surface area contributed by atoms with E-state index in [1.54, 1.807) is 19.2 Å². The van der Waals surface area contributed by atoms with Gasteiger partial charge in [-0.25, -0.2) is 0 Å². The molecule has 0 radical (unpaired) electrons. The molecule has 1 saturated heterocycles. The van der Waals surface area contributed by atoms with Crippen LogP contribution in [0.25, 0.3) is 0 Å². The zero-order valence-corrected chi connectivity index (χ0v) is 10.1. The molecule has 0 aromatic heterocycles. The van der Waals surface area contributed by atoms with Gasteiger partial charge in [0, 0.05) is 6.04 Å². The molecule has 92 valence electrons. The average molecular weight is 235 g/mol. The van der Waals surface area contributed by atoms with Crippen molar-refractivity contribution in [2.75, 3.05) is 27.4 Å². The second-order valence-corrected chi connectivity index (χ2v) is 4.10. The monoisotopic (exact) mass is 235 g/mol. The highest BCUT2D eigenvalue weighted by molar-refractivity contribution is 6.01. The Kier molecular flexibility index (Phi) is 3.76. The number of ether oxygens (including phenoxy) is 2. The molecule has 2 unspecified atom stereocenters. The predicted molar refractivity (Wildman–Crippen MR) is 64.5 cm³/mol. The van der Waals surface area contributed by atoms with Gasteiger partial charge >= 0.3 is 0 Å². The third kappa shape index (κ3) is 2.33. The average Bonchev–Trinajstić information content (AvgIpc) is 2.86. The Balaban J connectivity index is 2.24. The van der Waals surface area contributed by atoms with Crippen molar-refractivity contribution in [1.82, 2.24) is 5.32 Å². The predicted octanol–water partition coefficient (Wildman–Crippen LogP) is 1.11. The maximum Gasteiger partial charge on any atom is 0.173 e. The number of hydrogen-bond donors (Lipinski definition) is 1. The number of ketones is 1. The van der Waals surface area contributed by atoms with Crippen molar-refractivity contribution in [2.45, 2.75) is 6.04 Å². The first-order valence-corrected chi connectivity index (χ1v) is 5.70. The summed E-state index contributed by atoms with van der Waals surface area (Å²) in [5.74, 6) is 0.579. The summed E-state index contributed by atoms with van der Waals surface area (Å²) in [6.45, 7) is 1.06. The van der Waals surface area contributed by atoms with Crippen LogP contribution in [0, 0.1) is 5.92 Å². The minimum absolute atomic E-state index is 0.0827. The minimum atomic E-state index is -0.128. The summed E-state index contributed by atoms with van der Waals surface area (Å²) in [6, 6.07) is 7.40. The summed E-state index contributed by atoms with van der Waals surface area (Å²) in [6.07, 6.45) is 0. The van der Waals surface area contributed by atoms with E-state index in [1.807, 2.05) is 19.2 Å². The molecule has 1 aromatic rings. The van der Waals surface area contributed by atoms with Crippen molar-refractivity contribution in [3.05, 3.63) is 29.8 Å². The molecular weight excluding hydrogens is 218 g/mol. The van der Waals surface area contributed by atoms with Crippen LogP contribution in [0.5, 0.6) is 5.75 Å². The van der Waals surface area contributed by atoms with E-state index in [9.17, 15) is 4.79 Å². The van der Waals surface area contributed by atoms with Crippen molar-refractivity contribution in [3.63, 3.8) is 0 Å². The van der Waals surface area contributed by atoms with Gasteiger partial charge in [0.2, 0.25) is 0 Å². The smallest absolute Gasteiger partial charge is 0.173 e. The lowest BCUT2D eigenvalue weighted by molar-refractivity contribution is 0.0889. The lowest BCUT2D eigenvalue weighted by atomic mass is 9.93. The molecule has 1 fully saturated rings. The topological polar surface area (TPSA) is 47.6 Å². The molecule has 1 N–H and O–H groups in total. The van der Waals surface area contributed by atoms with E-state index in [4.69, 9.17) is 9.47 Å². The summed E-state index contributed by atoms with van der Waals surface area (Å²) >= 11 is 0. The van der Waals surface area contributed by atoms with E-state index in [-0.39, 0.29) is 17.7 Å². The minimum Gasteiger partial charge on any atom is -0.496 e. The van der Waals surface area contributed by atoms with E-state index in [0.717, 1.165) is 0 Å². The highest BCUT2D eigenvalue weighted by atomic mass is 16.5. The second-order valence-electron chi connectivity index (χ2n) is 4.10. The lowest BCUT2D eigenvalue weighted by Crippen LogP contribution is -2.37. The third-order valence-electron chi connectivity index (χ3n) is 3.16. The van der Waals surface area contributed by atoms with Crippen LogP contribution in [0.4, 0.5) is 0 Å². The van der Waals surface area contributed by atoms with Gasteiger partial charge in [-0.15, -0.1) is 0 Å². The number of carbonyl (C=O) groups is 1. The number of methoxy groups -OCH3 is 1. The first-order valence-electron chi connectivity index (χ1n) is 5.70. The summed E-state index contributed by atoms with van der Waals surface area (Å²) < 4.78 is 10.6. The number of nitrogens with one attached hydrogen (secondary N) is 1. The van der Waals surface area contributed by atoms with Crippen LogP contribution in [-0.4, -0.2) is 39.2 Å². The van der Waals surface area contributed by atoms with Gasteiger partial charge in [-0.2, -0.15) is 0 Å². The van der Waals surface area contributed by atoms with Crippen molar-refractivity contribution >= 4 is 5.78 Å². The number of para-hydroxylation sites is 1. The summed E-state index contributed by atoms with van der Waals surface area (Å²) in [5, 5.41) is 3.12. The molecule has 4 heteroatoms. The largest absolute Gasteiger partial charge is 0.496 e. The quantitative estimate of drug-likeness (QED) is 0.794. The van der Waals surface area contributed by atoms with E-state index in [0.29, 0.717) is 24.5 Å². The molecule has 0 spiro atoms. The molecular formula is C13H17NO3. The van der Waals surface area contributed by atoms with Gasteiger partial charge in [-0.1, -0.05) is 12.1 Å². The van der Waals surface area contributed by atoms with Crippen LogP contribution in [0.3, 0.4) is 0 Å². The van der Waals surface area contributed by atoms with Crippen molar-refractivity contribution < 1.29 is 14.3 Å². The fourth-order valence-electron chi connectivity index (χ4n) is 2.15. The van der Waals surface area contributed by atoms with Gasteiger partial charge in [0.1, 0.15) is 5.75 Å². The van der Waals surface area contributed by atoms with Gasteiger partial charge in [0.05, 0.1) is 31.8 Å². The standard InChI is InChI=1S/C13H17NO3/c1-14-11-8-17-7-10(11)13(15)9-5-3-4-6-12(9)16-2/h3-6,10-11,14H,7-8H2,1-2H3. The number of carbonyl (C=O) groups excluding carboxylic acids is 1. The molecule has 1 aliphatic rings. The van der Waals surface area contributed by atoms with Crippen LogP contribution in [0.15, 0.2) is 24.3 Å². The van der Waals surface area contributed by atoms with Crippen LogP contribution in [-0.2, 0) is 4.74 Å². The summed E-state index contributed by atoms with van der Waals surface area (Å²) in [5.41, 5.74) is 0.630. The number of Topliss-reactive ketones (excluding diaryl/α,β-unsaturated/α-hetero) is 1. The Morgan fingerprint density at radius 1 is 1.41 bits per heavy atom. The highest BCUT2D eigenvalue weighted by Crippen LogP contribution is 2.25.